The van der Waals surface area contributed by atoms with Gasteiger partial charge in [0.1, 0.15) is 35.6 Å². The SMILES string of the molecule is C.CC(C)[Si]1(C(C)C)OCC2OC(n3ccc(=O)[nH]c3=O)[C@]3(CCO3)[C@@H]2O[Si](C(C)C)(C(C)C)O1.O=c1ccn([C@@H]2O[C@H](CO)[C@@H](O)[C@@]23CCO3)c(=O)[nH]1. The molecule has 7 rings (SSSR count). The molecule has 2 aromatic rings. The Bertz CT molecular complexity index is 1830. The molecule has 304 valence electrons. The number of nitrogens with one attached hydrogen (secondary N) is 2. The minimum absolute atomic E-state index is 0. The molecule has 2 aromatic heterocycles. The van der Waals surface area contributed by atoms with Gasteiger partial charge in [-0.1, -0.05) is 62.8 Å². The van der Waals surface area contributed by atoms with Crippen LogP contribution in [0, 0.1) is 0 Å². The van der Waals surface area contributed by atoms with Crippen molar-refractivity contribution in [2.75, 3.05) is 26.4 Å². The quantitative estimate of drug-likeness (QED) is 0.296. The summed E-state index contributed by atoms with van der Waals surface area (Å²) in [6.45, 7) is 18.4. The lowest BCUT2D eigenvalue weighted by Gasteiger charge is -2.54. The van der Waals surface area contributed by atoms with Gasteiger partial charge in [-0.15, -0.1) is 0 Å². The molecule has 2 spiro atoms. The summed E-state index contributed by atoms with van der Waals surface area (Å²) in [5.41, 5.74) is -3.19. The van der Waals surface area contributed by atoms with Crippen molar-refractivity contribution in [1.82, 2.24) is 19.1 Å². The first kappa shape index (κ1) is 42.6. The van der Waals surface area contributed by atoms with Gasteiger partial charge < -0.3 is 42.1 Å². The van der Waals surface area contributed by atoms with Crippen LogP contribution in [-0.2, 0) is 31.9 Å². The fourth-order valence-corrected chi connectivity index (χ4v) is 19.8. The second-order valence-electron chi connectivity index (χ2n) is 15.8. The van der Waals surface area contributed by atoms with E-state index in [0.717, 1.165) is 0 Å². The van der Waals surface area contributed by atoms with Gasteiger partial charge in [0.25, 0.3) is 11.1 Å². The highest BCUT2D eigenvalue weighted by Crippen LogP contribution is 2.55. The molecule has 0 saturated carbocycles. The van der Waals surface area contributed by atoms with E-state index in [2.05, 4.69) is 65.4 Å². The Morgan fingerprint density at radius 2 is 1.24 bits per heavy atom. The van der Waals surface area contributed by atoms with E-state index in [1.54, 1.807) is 0 Å². The lowest BCUT2D eigenvalue weighted by Crippen LogP contribution is -2.68. The summed E-state index contributed by atoms with van der Waals surface area (Å²) in [6, 6.07) is 2.52. The van der Waals surface area contributed by atoms with Crippen LogP contribution in [0.15, 0.2) is 43.7 Å². The first-order valence-electron chi connectivity index (χ1n) is 18.5. The summed E-state index contributed by atoms with van der Waals surface area (Å²) in [5.74, 6) is 0. The maximum absolute atomic E-state index is 12.7. The molecule has 7 heterocycles. The van der Waals surface area contributed by atoms with E-state index in [1.165, 1.54) is 33.7 Å². The van der Waals surface area contributed by atoms with Crippen molar-refractivity contribution in [2.45, 2.75) is 146 Å². The third-order valence-electron chi connectivity index (χ3n) is 11.6. The number of nitrogens with zero attached hydrogens (tertiary/aromatic N) is 2. The summed E-state index contributed by atoms with van der Waals surface area (Å²) < 4.78 is 47.5. The summed E-state index contributed by atoms with van der Waals surface area (Å²) >= 11 is 0. The molecule has 5 aliphatic rings. The number of aliphatic hydroxyl groups is 2. The van der Waals surface area contributed by atoms with E-state index >= 15 is 0 Å². The molecule has 0 aromatic carbocycles. The first-order chi connectivity index (χ1) is 25.0. The molecule has 5 saturated heterocycles. The highest BCUT2D eigenvalue weighted by atomic mass is 28.5. The average molecular weight is 799 g/mol. The number of hydrogen-bond acceptors (Lipinski definition) is 13. The zero-order valence-corrected chi connectivity index (χ0v) is 33.6. The van der Waals surface area contributed by atoms with Crippen LogP contribution in [0.3, 0.4) is 0 Å². The smallest absolute Gasteiger partial charge is 0.335 e. The number of fused-ring (bicyclic) bond motifs is 2. The molecule has 0 bridgehead atoms. The molecule has 0 amide bonds. The largest absolute Gasteiger partial charge is 0.414 e. The third kappa shape index (κ3) is 6.82. The van der Waals surface area contributed by atoms with E-state index in [9.17, 15) is 29.4 Å². The predicted octanol–water partition coefficient (Wildman–Crippen LogP) is 2.13. The van der Waals surface area contributed by atoms with E-state index in [0.29, 0.717) is 32.7 Å². The van der Waals surface area contributed by atoms with Crippen LogP contribution < -0.4 is 22.5 Å². The highest BCUT2D eigenvalue weighted by Gasteiger charge is 2.68. The van der Waals surface area contributed by atoms with Gasteiger partial charge in [0.15, 0.2) is 12.5 Å². The zero-order chi connectivity index (χ0) is 38.7. The second-order valence-corrected chi connectivity index (χ2v) is 24.7. The molecule has 4 N–H and O–H groups in total. The van der Waals surface area contributed by atoms with Gasteiger partial charge in [0, 0.05) is 37.4 Å². The summed E-state index contributed by atoms with van der Waals surface area (Å²) in [5, 5.41) is 19.3. The van der Waals surface area contributed by atoms with Gasteiger partial charge >= 0.3 is 28.5 Å². The maximum atomic E-state index is 12.7. The van der Waals surface area contributed by atoms with Crippen molar-refractivity contribution in [3.63, 3.8) is 0 Å². The molecule has 8 atom stereocenters. The van der Waals surface area contributed by atoms with E-state index < -0.39 is 87.7 Å². The van der Waals surface area contributed by atoms with Crippen molar-refractivity contribution in [2.24, 2.45) is 0 Å². The van der Waals surface area contributed by atoms with Gasteiger partial charge in [-0.2, -0.15) is 0 Å². The van der Waals surface area contributed by atoms with Crippen LogP contribution in [-0.4, -0.2) is 108 Å². The number of ether oxygens (including phenoxy) is 4. The fourth-order valence-electron chi connectivity index (χ4n) is 8.54. The lowest BCUT2D eigenvalue weighted by atomic mass is 9.86. The van der Waals surface area contributed by atoms with Crippen molar-refractivity contribution >= 4 is 17.1 Å². The third-order valence-corrected chi connectivity index (χ3v) is 21.8. The Kier molecular flexibility index (Phi) is 12.4. The molecular weight excluding hydrogens is 741 g/mol. The molecule has 0 aliphatic carbocycles. The standard InChI is InChI=1S/C23H40N2O7Si2.C11H14N2O6.CH4/c1-14(2)33(15(3)4)29-13-18-20(31-34(32-33,16(5)6)17(7)8)23(10-12-28-23)21(30-18)25-11-9-19(26)24-22(25)27;14-5-6-8(16)11(2-4-18-11)9(19-6)13-3-1-7(15)12-10(13)17;/h9,11,14-18,20-21H,10,12-13H2,1-8H3,(H,24,26,27);1,3,6,8-9,14,16H,2,4-5H2,(H,12,15,17);1H4/t18?,20-,21?,23+;6-,8-,9-,11+;/m11./s1. The Hall–Kier alpha value is -2.57. The number of aromatic nitrogens is 4. The van der Waals surface area contributed by atoms with E-state index in [-0.39, 0.29) is 36.2 Å². The number of aromatic amines is 2. The lowest BCUT2D eigenvalue weighted by molar-refractivity contribution is -0.227. The maximum Gasteiger partial charge on any atom is 0.335 e. The van der Waals surface area contributed by atoms with Gasteiger partial charge in [0.05, 0.1) is 26.4 Å². The molecule has 5 fully saturated rings. The fraction of sp³-hybridized carbons (Fsp3) is 0.771. The Morgan fingerprint density at radius 3 is 1.63 bits per heavy atom. The zero-order valence-electron chi connectivity index (χ0n) is 31.6. The Labute approximate surface area is 316 Å². The molecule has 17 nitrogen and oxygen atoms in total. The molecule has 54 heavy (non-hydrogen) atoms. The topological polar surface area (TPSA) is 215 Å². The Balaban J connectivity index is 0.000000237. The van der Waals surface area contributed by atoms with Crippen LogP contribution in [0.5, 0.6) is 0 Å². The van der Waals surface area contributed by atoms with Crippen molar-refractivity contribution in [3.05, 3.63) is 66.2 Å². The van der Waals surface area contributed by atoms with Crippen LogP contribution in [0.2, 0.25) is 22.2 Å². The summed E-state index contributed by atoms with van der Waals surface area (Å²) in [4.78, 5) is 51.7. The number of H-pyrrole nitrogens is 2. The number of hydrogen-bond donors (Lipinski definition) is 4. The normalized spacial score (nSPS) is 33.8. The van der Waals surface area contributed by atoms with E-state index in [4.69, 9.17) is 31.9 Å². The van der Waals surface area contributed by atoms with Crippen LogP contribution in [0.25, 0.3) is 0 Å². The molecule has 5 aliphatic heterocycles. The van der Waals surface area contributed by atoms with E-state index in [1.807, 2.05) is 0 Å². The number of rotatable bonds is 7. The molecular formula is C35H58N4O13Si2. The summed E-state index contributed by atoms with van der Waals surface area (Å²) in [6.07, 6.45) is -0.304. The minimum atomic E-state index is -2.86. The van der Waals surface area contributed by atoms with Gasteiger partial charge in [0.2, 0.25) is 0 Å². The summed E-state index contributed by atoms with van der Waals surface area (Å²) in [7, 11) is -5.56. The predicted molar refractivity (Wildman–Crippen MR) is 201 cm³/mol. The van der Waals surface area contributed by atoms with Crippen molar-refractivity contribution in [1.29, 1.82) is 0 Å². The number of aliphatic hydroxyl groups excluding tert-OH is 2. The van der Waals surface area contributed by atoms with Gasteiger partial charge in [-0.05, 0) is 22.2 Å². The van der Waals surface area contributed by atoms with Crippen molar-refractivity contribution in [3.8, 4) is 0 Å². The molecule has 19 heteroatoms. The first-order valence-corrected chi connectivity index (χ1v) is 22.4. The van der Waals surface area contributed by atoms with Crippen LogP contribution >= 0.6 is 0 Å². The molecule has 0 radical (unpaired) electrons. The monoisotopic (exact) mass is 798 g/mol. The van der Waals surface area contributed by atoms with Gasteiger partial charge in [-0.25, -0.2) is 9.59 Å². The van der Waals surface area contributed by atoms with Crippen molar-refractivity contribution < 1.29 is 42.1 Å². The van der Waals surface area contributed by atoms with Crippen LogP contribution in [0.4, 0.5) is 0 Å². The average Bonchev–Trinajstić information content (AvgIpc) is 3.52. The van der Waals surface area contributed by atoms with Crippen LogP contribution in [0.1, 0.15) is 88.1 Å². The van der Waals surface area contributed by atoms with Gasteiger partial charge in [-0.3, -0.25) is 28.7 Å². The Morgan fingerprint density at radius 1 is 0.778 bits per heavy atom. The molecule has 2 unspecified atom stereocenters. The minimum Gasteiger partial charge on any atom is -0.414 e. The highest BCUT2D eigenvalue weighted by molar-refractivity contribution is 6.84. The second kappa shape index (κ2) is 15.8.